The summed E-state index contributed by atoms with van der Waals surface area (Å²) in [5, 5.41) is 0. The highest BCUT2D eigenvalue weighted by Gasteiger charge is 2.27. The number of aryl methyl sites for hydroxylation is 3. The Morgan fingerprint density at radius 3 is 2.71 bits per heavy atom. The molecule has 9 nitrogen and oxygen atoms in total. The molecule has 4 rings (SSSR count). The summed E-state index contributed by atoms with van der Waals surface area (Å²) in [6, 6.07) is 3.95. The number of nitrogens with zero attached hydrogens (tertiary/aromatic N) is 5. The van der Waals surface area contributed by atoms with Gasteiger partial charge in [0.05, 0.1) is 19.1 Å². The van der Waals surface area contributed by atoms with Crippen LogP contribution in [-0.4, -0.2) is 38.2 Å². The van der Waals surface area contributed by atoms with Gasteiger partial charge in [0.25, 0.3) is 5.56 Å². The second-order valence-electron chi connectivity index (χ2n) is 7.98. The highest BCUT2D eigenvalue weighted by Crippen LogP contribution is 2.38. The third-order valence-electron chi connectivity index (χ3n) is 6.09. The molecule has 0 unspecified atom stereocenters. The van der Waals surface area contributed by atoms with E-state index in [-0.39, 0.29) is 11.5 Å². The van der Waals surface area contributed by atoms with Crippen molar-refractivity contribution in [2.45, 2.75) is 39.2 Å². The highest BCUT2D eigenvalue weighted by molar-refractivity contribution is 5.96. The molecule has 0 N–H and O–H groups in total. The van der Waals surface area contributed by atoms with Crippen LogP contribution in [0.1, 0.15) is 30.4 Å². The predicted molar refractivity (Wildman–Crippen MR) is 118 cm³/mol. The van der Waals surface area contributed by atoms with Gasteiger partial charge >= 0.3 is 5.69 Å². The molecule has 1 amide bonds. The Kier molecular flexibility index (Phi) is 5.43. The van der Waals surface area contributed by atoms with Crippen LogP contribution in [0, 0.1) is 6.92 Å². The molecule has 0 spiro atoms. The molecule has 164 valence electrons. The highest BCUT2D eigenvalue weighted by atomic mass is 16.5. The van der Waals surface area contributed by atoms with Gasteiger partial charge in [-0.1, -0.05) is 6.07 Å². The lowest BCUT2D eigenvalue weighted by Crippen LogP contribution is -2.37. The van der Waals surface area contributed by atoms with Gasteiger partial charge < -0.3 is 14.2 Å². The van der Waals surface area contributed by atoms with Crippen molar-refractivity contribution >= 4 is 22.8 Å². The molecular weight excluding hydrogens is 398 g/mol. The monoisotopic (exact) mass is 425 g/mol. The summed E-state index contributed by atoms with van der Waals surface area (Å²) in [6.45, 7) is 3.19. The van der Waals surface area contributed by atoms with Crippen molar-refractivity contribution in [2.24, 2.45) is 14.1 Å². The molecule has 0 fully saturated rings. The van der Waals surface area contributed by atoms with Crippen LogP contribution in [-0.2, 0) is 31.9 Å². The number of imidazole rings is 1. The van der Waals surface area contributed by atoms with Gasteiger partial charge in [-0.25, -0.2) is 9.78 Å². The number of carbonyl (C=O) groups excluding carboxylic acids is 1. The first-order valence-corrected chi connectivity index (χ1v) is 10.4. The normalized spacial score (nSPS) is 13.5. The lowest BCUT2D eigenvalue weighted by molar-refractivity contribution is -0.118. The number of fused-ring (bicyclic) bond motifs is 2. The second kappa shape index (κ2) is 8.05. The van der Waals surface area contributed by atoms with Gasteiger partial charge in [0.15, 0.2) is 11.2 Å². The number of methoxy groups -OCH3 is 1. The lowest BCUT2D eigenvalue weighted by atomic mass is 9.96. The van der Waals surface area contributed by atoms with Crippen molar-refractivity contribution in [3.8, 4) is 5.75 Å². The van der Waals surface area contributed by atoms with Crippen LogP contribution in [0.15, 0.2) is 28.0 Å². The summed E-state index contributed by atoms with van der Waals surface area (Å²) in [4.78, 5) is 43.8. The third-order valence-corrected chi connectivity index (χ3v) is 6.09. The Morgan fingerprint density at radius 2 is 1.97 bits per heavy atom. The maximum absolute atomic E-state index is 13.1. The predicted octanol–water partition coefficient (Wildman–Crippen LogP) is 1.51. The molecule has 0 radical (unpaired) electrons. The summed E-state index contributed by atoms with van der Waals surface area (Å²) in [5.74, 6) is 0.758. The fraction of sp³-hybridized carbons (Fsp3) is 0.455. The Balaban J connectivity index is 1.54. The number of hydrogen-bond donors (Lipinski definition) is 0. The Labute approximate surface area is 179 Å². The number of aromatic nitrogens is 4. The van der Waals surface area contributed by atoms with E-state index in [1.165, 1.54) is 22.7 Å². The molecule has 1 aromatic carbocycles. The largest absolute Gasteiger partial charge is 0.495 e. The molecule has 0 saturated heterocycles. The molecule has 3 heterocycles. The Hall–Kier alpha value is -3.36. The van der Waals surface area contributed by atoms with E-state index in [9.17, 15) is 14.4 Å². The zero-order valence-electron chi connectivity index (χ0n) is 18.3. The SMILES string of the molecule is COc1ccc(C)c2c1N(C(=O)CCCn1cnc3c1c(=O)n(C)c(=O)n3C)CCC2. The topological polar surface area (TPSA) is 91.4 Å². The van der Waals surface area contributed by atoms with Crippen molar-refractivity contribution < 1.29 is 9.53 Å². The Bertz CT molecular complexity index is 1280. The van der Waals surface area contributed by atoms with E-state index in [1.807, 2.05) is 17.0 Å². The summed E-state index contributed by atoms with van der Waals surface area (Å²) in [7, 11) is 4.67. The van der Waals surface area contributed by atoms with Gasteiger partial charge in [-0.15, -0.1) is 0 Å². The smallest absolute Gasteiger partial charge is 0.332 e. The first-order chi connectivity index (χ1) is 14.8. The van der Waals surface area contributed by atoms with Crippen LogP contribution in [0.2, 0.25) is 0 Å². The summed E-state index contributed by atoms with van der Waals surface area (Å²) >= 11 is 0. The number of carbonyl (C=O) groups is 1. The first kappa shape index (κ1) is 20.9. The standard InChI is InChI=1S/C22H27N5O4/c1-14-9-10-16(31-4)18-15(14)7-5-12-27(18)17(28)8-6-11-26-13-23-20-19(26)21(29)25(3)22(30)24(20)2/h9-10,13H,5-8,11-12H2,1-4H3. The average molecular weight is 425 g/mol. The van der Waals surface area contributed by atoms with Crippen LogP contribution in [0.5, 0.6) is 5.75 Å². The summed E-state index contributed by atoms with van der Waals surface area (Å²) < 4.78 is 9.69. The van der Waals surface area contributed by atoms with E-state index in [4.69, 9.17) is 4.74 Å². The van der Waals surface area contributed by atoms with E-state index in [0.29, 0.717) is 37.1 Å². The van der Waals surface area contributed by atoms with Crippen molar-refractivity contribution in [1.82, 2.24) is 18.7 Å². The molecule has 0 saturated carbocycles. The minimum absolute atomic E-state index is 0.0366. The van der Waals surface area contributed by atoms with Crippen LogP contribution in [0.3, 0.4) is 0 Å². The molecule has 0 atom stereocenters. The number of hydrogen-bond acceptors (Lipinski definition) is 5. The molecule has 1 aliphatic rings. The summed E-state index contributed by atoms with van der Waals surface area (Å²) in [6.07, 6.45) is 4.30. The van der Waals surface area contributed by atoms with Gasteiger partial charge in [0.1, 0.15) is 5.75 Å². The van der Waals surface area contributed by atoms with Crippen LogP contribution < -0.4 is 20.9 Å². The van der Waals surface area contributed by atoms with Gasteiger partial charge in [-0.2, -0.15) is 0 Å². The maximum atomic E-state index is 13.1. The Morgan fingerprint density at radius 1 is 1.19 bits per heavy atom. The molecular formula is C22H27N5O4. The van der Waals surface area contributed by atoms with E-state index in [1.54, 1.807) is 25.1 Å². The zero-order chi connectivity index (χ0) is 22.3. The van der Waals surface area contributed by atoms with E-state index < -0.39 is 5.69 Å². The molecule has 3 aromatic rings. The van der Waals surface area contributed by atoms with Gasteiger partial charge in [0.2, 0.25) is 5.91 Å². The van der Waals surface area contributed by atoms with Gasteiger partial charge in [0, 0.05) is 33.6 Å². The van der Waals surface area contributed by atoms with Gasteiger partial charge in [-0.05, 0) is 43.4 Å². The van der Waals surface area contributed by atoms with Gasteiger partial charge in [-0.3, -0.25) is 18.7 Å². The quantitative estimate of drug-likeness (QED) is 0.618. The third kappa shape index (κ3) is 3.43. The van der Waals surface area contributed by atoms with Crippen LogP contribution in [0.4, 0.5) is 5.69 Å². The van der Waals surface area contributed by atoms with Crippen molar-refractivity contribution in [2.75, 3.05) is 18.6 Å². The van der Waals surface area contributed by atoms with E-state index >= 15 is 0 Å². The number of ether oxygens (including phenoxy) is 1. The molecule has 0 bridgehead atoms. The zero-order valence-corrected chi connectivity index (χ0v) is 18.3. The molecule has 1 aliphatic heterocycles. The molecule has 0 aliphatic carbocycles. The van der Waals surface area contributed by atoms with E-state index in [0.717, 1.165) is 28.8 Å². The summed E-state index contributed by atoms with van der Waals surface area (Å²) in [5.41, 5.74) is 3.15. The fourth-order valence-electron chi connectivity index (χ4n) is 4.37. The van der Waals surface area contributed by atoms with Crippen molar-refractivity contribution in [3.05, 3.63) is 50.4 Å². The minimum atomic E-state index is -0.411. The molecule has 2 aromatic heterocycles. The van der Waals surface area contributed by atoms with Crippen LogP contribution in [0.25, 0.3) is 11.2 Å². The van der Waals surface area contributed by atoms with Crippen molar-refractivity contribution in [1.29, 1.82) is 0 Å². The van der Waals surface area contributed by atoms with E-state index in [2.05, 4.69) is 11.9 Å². The second-order valence-corrected chi connectivity index (χ2v) is 7.98. The molecule has 9 heteroatoms. The first-order valence-electron chi connectivity index (χ1n) is 10.4. The fourth-order valence-corrected chi connectivity index (χ4v) is 4.37. The number of rotatable bonds is 5. The average Bonchev–Trinajstić information content (AvgIpc) is 3.20. The molecule has 31 heavy (non-hydrogen) atoms. The number of benzene rings is 1. The minimum Gasteiger partial charge on any atom is -0.495 e. The van der Waals surface area contributed by atoms with Crippen molar-refractivity contribution in [3.63, 3.8) is 0 Å². The number of amides is 1. The van der Waals surface area contributed by atoms with Crippen LogP contribution >= 0.6 is 0 Å². The maximum Gasteiger partial charge on any atom is 0.332 e. The lowest BCUT2D eigenvalue weighted by Gasteiger charge is -2.32. The number of anilines is 1.